The van der Waals surface area contributed by atoms with Gasteiger partial charge in [-0.2, -0.15) is 0 Å². The Bertz CT molecular complexity index is 402. The molecule has 0 radical (unpaired) electrons. The number of fused-ring (bicyclic) bond motifs is 1. The number of hydrogen-bond acceptors (Lipinski definition) is 4. The largest absolute Gasteiger partial charge is 0.347 e. The van der Waals surface area contributed by atoms with Gasteiger partial charge in [-0.05, 0) is 6.42 Å². The summed E-state index contributed by atoms with van der Waals surface area (Å²) < 4.78 is 11.2. The van der Waals surface area contributed by atoms with Gasteiger partial charge in [0.1, 0.15) is 0 Å². The summed E-state index contributed by atoms with van der Waals surface area (Å²) in [5.74, 6) is -0.419. The van der Waals surface area contributed by atoms with Gasteiger partial charge in [0.25, 0.3) is 0 Å². The van der Waals surface area contributed by atoms with Crippen molar-refractivity contribution < 1.29 is 9.47 Å². The van der Waals surface area contributed by atoms with E-state index in [1.807, 2.05) is 0 Å². The van der Waals surface area contributed by atoms with Crippen LogP contribution >= 0.6 is 11.3 Å². The zero-order valence-corrected chi connectivity index (χ0v) is 8.49. The average molecular weight is 213 g/mol. The summed E-state index contributed by atoms with van der Waals surface area (Å²) >= 11 is 1.28. The average Bonchev–Trinajstić information content (AvgIpc) is 2.72. The molecule has 0 amide bonds. The quantitative estimate of drug-likeness (QED) is 0.689. The Morgan fingerprint density at radius 2 is 2.14 bits per heavy atom. The summed E-state index contributed by atoms with van der Waals surface area (Å²) in [7, 11) is 0. The number of aromatic amines is 1. The van der Waals surface area contributed by atoms with E-state index in [0.29, 0.717) is 13.2 Å². The van der Waals surface area contributed by atoms with E-state index in [2.05, 4.69) is 4.98 Å². The Kier molecular flexibility index (Phi) is 1.80. The van der Waals surface area contributed by atoms with Gasteiger partial charge in [0, 0.05) is 23.4 Å². The van der Waals surface area contributed by atoms with Crippen LogP contribution in [0, 0.1) is 0 Å². The second-order valence-electron chi connectivity index (χ2n) is 3.70. The number of ether oxygens (including phenoxy) is 2. The molecule has 0 aromatic carbocycles. The van der Waals surface area contributed by atoms with Crippen LogP contribution in [0.15, 0.2) is 4.79 Å². The number of thiazole rings is 1. The topological polar surface area (TPSA) is 51.3 Å². The van der Waals surface area contributed by atoms with Crippen LogP contribution in [-0.2, 0) is 22.3 Å². The maximum atomic E-state index is 11.1. The van der Waals surface area contributed by atoms with E-state index in [9.17, 15) is 4.79 Å². The van der Waals surface area contributed by atoms with Crippen LogP contribution in [0.25, 0.3) is 0 Å². The van der Waals surface area contributed by atoms with E-state index >= 15 is 0 Å². The second-order valence-corrected chi connectivity index (χ2v) is 4.77. The van der Waals surface area contributed by atoms with Gasteiger partial charge in [0.15, 0.2) is 5.79 Å². The molecular formula is C9H11NO3S. The van der Waals surface area contributed by atoms with Crippen LogP contribution < -0.4 is 4.87 Å². The molecule has 1 aliphatic carbocycles. The van der Waals surface area contributed by atoms with Crippen molar-refractivity contribution in [1.82, 2.24) is 4.98 Å². The maximum Gasteiger partial charge on any atom is 0.304 e. The van der Waals surface area contributed by atoms with Crippen molar-refractivity contribution in [1.29, 1.82) is 0 Å². The molecule has 1 aliphatic heterocycles. The summed E-state index contributed by atoms with van der Waals surface area (Å²) in [5.41, 5.74) is 1.07. The van der Waals surface area contributed by atoms with Gasteiger partial charge in [-0.15, -0.1) is 0 Å². The van der Waals surface area contributed by atoms with Crippen molar-refractivity contribution in [2.24, 2.45) is 0 Å². The lowest BCUT2D eigenvalue weighted by atomic mass is 9.96. The first-order valence-corrected chi connectivity index (χ1v) is 5.58. The number of aryl methyl sites for hydroxylation is 1. The van der Waals surface area contributed by atoms with Gasteiger partial charge in [-0.1, -0.05) is 11.3 Å². The molecule has 1 spiro atoms. The van der Waals surface area contributed by atoms with Crippen molar-refractivity contribution in [2.75, 3.05) is 13.2 Å². The number of H-pyrrole nitrogens is 1. The third-order valence-corrected chi connectivity index (χ3v) is 3.73. The minimum Gasteiger partial charge on any atom is -0.347 e. The summed E-state index contributed by atoms with van der Waals surface area (Å²) in [6, 6.07) is 0. The van der Waals surface area contributed by atoms with Crippen molar-refractivity contribution >= 4 is 11.3 Å². The Morgan fingerprint density at radius 3 is 2.93 bits per heavy atom. The fraction of sp³-hybridized carbons (Fsp3) is 0.667. The predicted molar refractivity (Wildman–Crippen MR) is 51.6 cm³/mol. The lowest BCUT2D eigenvalue weighted by molar-refractivity contribution is -0.163. The minimum absolute atomic E-state index is 0.0325. The molecule has 2 aliphatic rings. The molecule has 0 bridgehead atoms. The Hall–Kier alpha value is -0.650. The highest BCUT2D eigenvalue weighted by atomic mass is 32.1. The van der Waals surface area contributed by atoms with E-state index in [1.54, 1.807) is 0 Å². The highest BCUT2D eigenvalue weighted by Crippen LogP contribution is 2.35. The molecule has 14 heavy (non-hydrogen) atoms. The SMILES string of the molecule is O=c1[nH]c2c(s1)CC1(CC2)OCCO1. The molecule has 1 saturated heterocycles. The molecule has 5 heteroatoms. The molecule has 0 saturated carbocycles. The van der Waals surface area contributed by atoms with Crippen molar-refractivity contribution in [3.8, 4) is 0 Å². The van der Waals surface area contributed by atoms with Crippen LogP contribution in [0.5, 0.6) is 0 Å². The normalized spacial score (nSPS) is 24.0. The van der Waals surface area contributed by atoms with Crippen LogP contribution in [0.2, 0.25) is 0 Å². The Morgan fingerprint density at radius 1 is 1.36 bits per heavy atom. The van der Waals surface area contributed by atoms with Gasteiger partial charge in [-0.3, -0.25) is 4.79 Å². The Balaban J connectivity index is 1.95. The van der Waals surface area contributed by atoms with E-state index in [0.717, 1.165) is 29.8 Å². The summed E-state index contributed by atoms with van der Waals surface area (Å²) in [5, 5.41) is 0. The zero-order chi connectivity index (χ0) is 9.60. The van der Waals surface area contributed by atoms with E-state index in [1.165, 1.54) is 11.3 Å². The number of hydrogen-bond donors (Lipinski definition) is 1. The molecule has 1 N–H and O–H groups in total. The molecule has 1 fully saturated rings. The number of rotatable bonds is 0. The highest BCUT2D eigenvalue weighted by molar-refractivity contribution is 7.09. The van der Waals surface area contributed by atoms with E-state index in [-0.39, 0.29) is 4.87 Å². The molecule has 0 atom stereocenters. The fourth-order valence-electron chi connectivity index (χ4n) is 2.13. The summed E-state index contributed by atoms with van der Waals surface area (Å²) in [6.45, 7) is 1.35. The van der Waals surface area contributed by atoms with E-state index < -0.39 is 5.79 Å². The summed E-state index contributed by atoms with van der Waals surface area (Å²) in [4.78, 5) is 15.1. The molecule has 1 aromatic heterocycles. The lowest BCUT2D eigenvalue weighted by Gasteiger charge is -2.30. The van der Waals surface area contributed by atoms with Gasteiger partial charge in [-0.25, -0.2) is 0 Å². The molecule has 1 aromatic rings. The Labute approximate surface area is 84.9 Å². The van der Waals surface area contributed by atoms with Gasteiger partial charge in [0.2, 0.25) is 0 Å². The lowest BCUT2D eigenvalue weighted by Crippen LogP contribution is -2.36. The van der Waals surface area contributed by atoms with Crippen LogP contribution in [0.1, 0.15) is 17.0 Å². The second kappa shape index (κ2) is 2.92. The van der Waals surface area contributed by atoms with E-state index in [4.69, 9.17) is 9.47 Å². The van der Waals surface area contributed by atoms with Crippen molar-refractivity contribution in [3.05, 3.63) is 20.2 Å². The third-order valence-electron chi connectivity index (χ3n) is 2.80. The molecule has 4 nitrogen and oxygen atoms in total. The van der Waals surface area contributed by atoms with Gasteiger partial charge < -0.3 is 14.5 Å². The minimum atomic E-state index is -0.419. The van der Waals surface area contributed by atoms with Gasteiger partial charge >= 0.3 is 4.87 Å². The first-order valence-electron chi connectivity index (χ1n) is 4.76. The van der Waals surface area contributed by atoms with Crippen LogP contribution in [-0.4, -0.2) is 24.0 Å². The fourth-order valence-corrected chi connectivity index (χ4v) is 3.09. The van der Waals surface area contributed by atoms with Crippen molar-refractivity contribution in [2.45, 2.75) is 25.0 Å². The molecule has 0 unspecified atom stereocenters. The number of nitrogens with one attached hydrogen (secondary N) is 1. The number of aromatic nitrogens is 1. The molecular weight excluding hydrogens is 202 g/mol. The molecule has 3 rings (SSSR count). The van der Waals surface area contributed by atoms with Crippen LogP contribution in [0.3, 0.4) is 0 Å². The highest BCUT2D eigenvalue weighted by Gasteiger charge is 2.40. The smallest absolute Gasteiger partial charge is 0.304 e. The monoisotopic (exact) mass is 213 g/mol. The predicted octanol–water partition coefficient (Wildman–Crippen LogP) is 0.668. The first-order chi connectivity index (χ1) is 6.77. The van der Waals surface area contributed by atoms with Gasteiger partial charge in [0.05, 0.1) is 13.2 Å². The standard InChI is InChI=1S/C9H11NO3S/c11-8-10-6-1-2-9(5-7(6)14-8)12-3-4-13-9/h1-5H2,(H,10,11). The zero-order valence-electron chi connectivity index (χ0n) is 7.67. The summed E-state index contributed by atoms with van der Waals surface area (Å²) in [6.07, 6.45) is 2.44. The molecule has 2 heterocycles. The first kappa shape index (κ1) is 8.64. The van der Waals surface area contributed by atoms with Crippen molar-refractivity contribution in [3.63, 3.8) is 0 Å². The third kappa shape index (κ3) is 1.24. The maximum absolute atomic E-state index is 11.1. The molecule has 76 valence electrons. The van der Waals surface area contributed by atoms with Crippen LogP contribution in [0.4, 0.5) is 0 Å².